The quantitative estimate of drug-likeness (QED) is 0.0673. The minimum absolute atomic E-state index is 0.0182. The van der Waals surface area contributed by atoms with Crippen LogP contribution in [0.1, 0.15) is 85.6 Å². The third-order valence-electron chi connectivity index (χ3n) is 6.93. The topological polar surface area (TPSA) is 245 Å². The SMILES string of the molecule is CN(C)C(=O)[C@H](CC(N)=O)NC(=O)C(O)[C@H](CCCCNC(=O)OC(C)(C)C)NC(=O)[C@H](CCC(=O)OC(C)(C)C)NC(=O)OCc1ccccc1. The maximum Gasteiger partial charge on any atom is 0.408 e. The van der Waals surface area contributed by atoms with Crippen LogP contribution in [0, 0.1) is 0 Å². The van der Waals surface area contributed by atoms with E-state index in [0.717, 1.165) is 4.90 Å². The monoisotopic (exact) mass is 736 g/mol. The number of benzene rings is 1. The molecule has 1 aromatic rings. The summed E-state index contributed by atoms with van der Waals surface area (Å²) in [5.74, 6) is -4.12. The Hall–Kier alpha value is -4.93. The van der Waals surface area contributed by atoms with Gasteiger partial charge in [0.15, 0.2) is 6.10 Å². The molecule has 4 atom stereocenters. The third kappa shape index (κ3) is 19.5. The van der Waals surface area contributed by atoms with Crippen molar-refractivity contribution in [3.63, 3.8) is 0 Å². The van der Waals surface area contributed by atoms with E-state index in [-0.39, 0.29) is 38.8 Å². The average molecular weight is 737 g/mol. The van der Waals surface area contributed by atoms with Gasteiger partial charge in [-0.1, -0.05) is 30.3 Å². The van der Waals surface area contributed by atoms with Crippen LogP contribution in [0.25, 0.3) is 0 Å². The lowest BCUT2D eigenvalue weighted by atomic mass is 10.0. The van der Waals surface area contributed by atoms with E-state index in [1.165, 1.54) is 14.1 Å². The fourth-order valence-corrected chi connectivity index (χ4v) is 4.57. The van der Waals surface area contributed by atoms with Gasteiger partial charge in [-0.25, -0.2) is 9.59 Å². The second-order valence-corrected chi connectivity index (χ2v) is 14.3. The summed E-state index contributed by atoms with van der Waals surface area (Å²) in [7, 11) is 2.81. The van der Waals surface area contributed by atoms with Crippen molar-refractivity contribution in [3.8, 4) is 0 Å². The molecule has 17 heteroatoms. The first-order chi connectivity index (χ1) is 24.1. The summed E-state index contributed by atoms with van der Waals surface area (Å²) >= 11 is 0. The standard InChI is InChI=1S/C35H56N6O11/c1-34(2,3)51-27(43)18-17-24(40-33(49)50-21-22-14-10-9-11-15-22)29(45)38-23(16-12-13-19-37-32(48)52-35(4,5)6)28(44)30(46)39-25(20-26(36)42)31(47)41(7)8/h9-11,14-15,23-25,28,44H,12-13,16-21H2,1-8H3,(H2,36,42)(H,37,48)(H,38,45)(H,39,46)(H,40,49)/t23-,24-,25-,28?/m0/s1. The molecule has 292 valence electrons. The van der Waals surface area contributed by atoms with E-state index in [0.29, 0.717) is 12.0 Å². The number of carbonyl (C=O) groups is 7. The summed E-state index contributed by atoms with van der Waals surface area (Å²) < 4.78 is 15.8. The molecule has 0 spiro atoms. The van der Waals surface area contributed by atoms with Crippen molar-refractivity contribution < 1.29 is 52.9 Å². The number of hydrogen-bond donors (Lipinski definition) is 6. The van der Waals surface area contributed by atoms with Gasteiger partial charge in [0.1, 0.15) is 29.9 Å². The lowest BCUT2D eigenvalue weighted by molar-refractivity contribution is -0.155. The number of rotatable bonds is 19. The molecule has 7 N–H and O–H groups in total. The number of nitrogens with two attached hydrogens (primary N) is 1. The number of likely N-dealkylation sites (N-methyl/N-ethyl adjacent to an activating group) is 1. The molecule has 0 saturated heterocycles. The van der Waals surface area contributed by atoms with Gasteiger partial charge in [-0.3, -0.25) is 24.0 Å². The number of aliphatic hydroxyl groups excluding tert-OH is 1. The van der Waals surface area contributed by atoms with Crippen LogP contribution in [0.3, 0.4) is 0 Å². The molecule has 0 saturated carbocycles. The predicted octanol–water partition coefficient (Wildman–Crippen LogP) is 1.39. The highest BCUT2D eigenvalue weighted by Crippen LogP contribution is 2.13. The Morgan fingerprint density at radius 3 is 1.96 bits per heavy atom. The van der Waals surface area contributed by atoms with Gasteiger partial charge in [0.05, 0.1) is 12.5 Å². The van der Waals surface area contributed by atoms with Gasteiger partial charge in [-0.15, -0.1) is 0 Å². The maximum absolute atomic E-state index is 13.7. The fourth-order valence-electron chi connectivity index (χ4n) is 4.57. The first-order valence-corrected chi connectivity index (χ1v) is 17.0. The molecule has 0 bridgehead atoms. The van der Waals surface area contributed by atoms with Crippen LogP contribution in [0.4, 0.5) is 9.59 Å². The number of carbonyl (C=O) groups excluding carboxylic acids is 7. The van der Waals surface area contributed by atoms with E-state index in [1.807, 2.05) is 0 Å². The molecule has 0 aromatic heterocycles. The number of esters is 1. The molecule has 52 heavy (non-hydrogen) atoms. The van der Waals surface area contributed by atoms with Gasteiger partial charge in [0.2, 0.25) is 17.7 Å². The number of alkyl carbamates (subject to hydrolysis) is 2. The van der Waals surface area contributed by atoms with Crippen LogP contribution < -0.4 is 27.0 Å². The average Bonchev–Trinajstić information content (AvgIpc) is 3.02. The maximum atomic E-state index is 13.7. The van der Waals surface area contributed by atoms with Gasteiger partial charge < -0.3 is 51.2 Å². The largest absolute Gasteiger partial charge is 0.460 e. The smallest absolute Gasteiger partial charge is 0.408 e. The van der Waals surface area contributed by atoms with Crippen LogP contribution in [0.2, 0.25) is 0 Å². The van der Waals surface area contributed by atoms with Gasteiger partial charge in [0.25, 0.3) is 5.91 Å². The van der Waals surface area contributed by atoms with Crippen LogP contribution in [-0.2, 0) is 44.8 Å². The highest BCUT2D eigenvalue weighted by molar-refractivity contribution is 5.93. The van der Waals surface area contributed by atoms with E-state index < -0.39 is 83.6 Å². The first kappa shape index (κ1) is 45.1. The summed E-state index contributed by atoms with van der Waals surface area (Å²) in [6.07, 6.45) is -4.02. The third-order valence-corrected chi connectivity index (χ3v) is 6.93. The second kappa shape index (κ2) is 21.4. The van der Waals surface area contributed by atoms with Crippen LogP contribution in [0.15, 0.2) is 30.3 Å². The molecule has 0 aliphatic rings. The predicted molar refractivity (Wildman–Crippen MR) is 189 cm³/mol. The van der Waals surface area contributed by atoms with Crippen molar-refractivity contribution in [2.24, 2.45) is 5.73 Å². The Balaban J connectivity index is 3.21. The molecule has 17 nitrogen and oxygen atoms in total. The van der Waals surface area contributed by atoms with Crippen molar-refractivity contribution in [2.75, 3.05) is 20.6 Å². The Labute approximate surface area is 305 Å². The second-order valence-electron chi connectivity index (χ2n) is 14.3. The molecule has 6 amide bonds. The van der Waals surface area contributed by atoms with Crippen LogP contribution in [-0.4, -0.2) is 108 Å². The molecule has 0 aliphatic heterocycles. The first-order valence-electron chi connectivity index (χ1n) is 17.0. The Bertz CT molecular complexity index is 1360. The van der Waals surface area contributed by atoms with Crippen LogP contribution >= 0.6 is 0 Å². The number of primary amides is 1. The molecular weight excluding hydrogens is 680 g/mol. The summed E-state index contributed by atoms with van der Waals surface area (Å²) in [4.78, 5) is 89.7. The number of nitrogens with one attached hydrogen (secondary N) is 4. The highest BCUT2D eigenvalue weighted by atomic mass is 16.6. The molecule has 1 rings (SSSR count). The molecule has 0 heterocycles. The number of nitrogens with zero attached hydrogens (tertiary/aromatic N) is 1. The van der Waals surface area contributed by atoms with Gasteiger partial charge >= 0.3 is 18.2 Å². The Kier molecular flexibility index (Phi) is 18.6. The van der Waals surface area contributed by atoms with Crippen molar-refractivity contribution in [1.29, 1.82) is 0 Å². The summed E-state index contributed by atoms with van der Waals surface area (Å²) in [6.45, 7) is 10.2. The normalized spacial score (nSPS) is 13.6. The van der Waals surface area contributed by atoms with Crippen molar-refractivity contribution >= 4 is 41.8 Å². The summed E-state index contributed by atoms with van der Waals surface area (Å²) in [5, 5.41) is 21.1. The summed E-state index contributed by atoms with van der Waals surface area (Å²) in [5.41, 5.74) is 4.44. The van der Waals surface area contributed by atoms with Gasteiger partial charge in [-0.05, 0) is 72.8 Å². The highest BCUT2D eigenvalue weighted by Gasteiger charge is 2.34. The molecule has 0 radical (unpaired) electrons. The zero-order valence-corrected chi connectivity index (χ0v) is 31.4. The van der Waals surface area contributed by atoms with Crippen molar-refractivity contribution in [3.05, 3.63) is 35.9 Å². The molecule has 1 unspecified atom stereocenters. The minimum atomic E-state index is -1.95. The minimum Gasteiger partial charge on any atom is -0.460 e. The lowest BCUT2D eigenvalue weighted by Gasteiger charge is -2.28. The fraction of sp³-hybridized carbons (Fsp3) is 0.629. The molecule has 0 fully saturated rings. The lowest BCUT2D eigenvalue weighted by Crippen LogP contribution is -2.58. The summed E-state index contributed by atoms with van der Waals surface area (Å²) in [6, 6.07) is 4.71. The Morgan fingerprint density at radius 2 is 1.40 bits per heavy atom. The van der Waals surface area contributed by atoms with Crippen molar-refractivity contribution in [1.82, 2.24) is 26.2 Å². The number of aliphatic hydroxyl groups is 1. The van der Waals surface area contributed by atoms with E-state index in [2.05, 4.69) is 21.3 Å². The number of ether oxygens (including phenoxy) is 3. The van der Waals surface area contributed by atoms with Crippen molar-refractivity contribution in [2.45, 2.75) is 122 Å². The molecule has 0 aliphatic carbocycles. The molecule has 1 aromatic carbocycles. The van der Waals surface area contributed by atoms with E-state index >= 15 is 0 Å². The van der Waals surface area contributed by atoms with E-state index in [1.54, 1.807) is 71.9 Å². The van der Waals surface area contributed by atoms with E-state index in [9.17, 15) is 38.7 Å². The Morgan fingerprint density at radius 1 is 0.788 bits per heavy atom. The zero-order chi connectivity index (χ0) is 39.6. The number of amides is 6. The van der Waals surface area contributed by atoms with Gasteiger partial charge in [-0.2, -0.15) is 0 Å². The number of hydrogen-bond acceptors (Lipinski definition) is 11. The number of unbranched alkanes of at least 4 members (excludes halogenated alkanes) is 1. The zero-order valence-electron chi connectivity index (χ0n) is 31.4. The van der Waals surface area contributed by atoms with E-state index in [4.69, 9.17) is 19.9 Å². The molecular formula is C35H56N6O11. The van der Waals surface area contributed by atoms with Crippen LogP contribution in [0.5, 0.6) is 0 Å². The van der Waals surface area contributed by atoms with Gasteiger partial charge in [0, 0.05) is 27.1 Å².